The zero-order chi connectivity index (χ0) is 7.14. The molecule has 10 heavy (non-hydrogen) atoms. The zero-order valence-electron chi connectivity index (χ0n) is 6.13. The summed E-state index contributed by atoms with van der Waals surface area (Å²) in [5.74, 6) is 1.94. The first-order valence-electron chi connectivity index (χ1n) is 3.46. The van der Waals surface area contributed by atoms with Crippen molar-refractivity contribution in [1.29, 1.82) is 0 Å². The molecular formula is C8H10O2. The van der Waals surface area contributed by atoms with Crippen molar-refractivity contribution in [3.05, 3.63) is 23.7 Å². The highest BCUT2D eigenvalue weighted by Crippen LogP contribution is 2.28. The highest BCUT2D eigenvalue weighted by molar-refractivity contribution is 5.18. The summed E-state index contributed by atoms with van der Waals surface area (Å²) in [6, 6.07) is 0. The molecule has 2 heteroatoms. The summed E-state index contributed by atoms with van der Waals surface area (Å²) in [7, 11) is 0. The number of allylic oxidation sites excluding steroid dienone is 2. The van der Waals surface area contributed by atoms with Crippen molar-refractivity contribution in [1.82, 2.24) is 0 Å². The maximum Gasteiger partial charge on any atom is 0.160 e. The Bertz CT molecular complexity index is 191. The molecule has 0 aromatic carbocycles. The lowest BCUT2D eigenvalue weighted by atomic mass is 10.2. The second-order valence-electron chi connectivity index (χ2n) is 2.72. The third-order valence-corrected chi connectivity index (χ3v) is 1.77. The largest absolute Gasteiger partial charge is 0.487 e. The van der Waals surface area contributed by atoms with Crippen molar-refractivity contribution < 1.29 is 9.47 Å². The average molecular weight is 138 g/mol. The lowest BCUT2D eigenvalue weighted by Crippen LogP contribution is -2.15. The van der Waals surface area contributed by atoms with Crippen molar-refractivity contribution in [3.8, 4) is 0 Å². The predicted molar refractivity (Wildman–Crippen MR) is 37.3 cm³/mol. The number of hydrogen-bond acceptors (Lipinski definition) is 2. The average Bonchev–Trinajstić information content (AvgIpc) is 2.21. The Morgan fingerprint density at radius 1 is 1.00 bits per heavy atom. The van der Waals surface area contributed by atoms with Gasteiger partial charge in [-0.2, -0.15) is 0 Å². The van der Waals surface area contributed by atoms with Crippen LogP contribution in [-0.2, 0) is 9.47 Å². The van der Waals surface area contributed by atoms with Crippen LogP contribution in [0.15, 0.2) is 23.7 Å². The molecule has 0 N–H and O–H groups in total. The van der Waals surface area contributed by atoms with E-state index >= 15 is 0 Å². The van der Waals surface area contributed by atoms with Crippen molar-refractivity contribution in [3.63, 3.8) is 0 Å². The van der Waals surface area contributed by atoms with Gasteiger partial charge in [0.1, 0.15) is 0 Å². The van der Waals surface area contributed by atoms with Gasteiger partial charge in [-0.1, -0.05) is 0 Å². The Morgan fingerprint density at radius 3 is 1.80 bits per heavy atom. The first-order valence-corrected chi connectivity index (χ1v) is 3.46. The van der Waals surface area contributed by atoms with E-state index < -0.39 is 0 Å². The summed E-state index contributed by atoms with van der Waals surface area (Å²) in [5, 5.41) is 0. The van der Waals surface area contributed by atoms with Gasteiger partial charge < -0.3 is 9.47 Å². The van der Waals surface area contributed by atoms with Crippen molar-refractivity contribution >= 4 is 0 Å². The quantitative estimate of drug-likeness (QED) is 0.506. The van der Waals surface area contributed by atoms with Crippen LogP contribution >= 0.6 is 0 Å². The molecule has 0 saturated carbocycles. The number of rotatable bonds is 0. The molecule has 0 saturated heterocycles. The molecule has 0 bridgehead atoms. The fourth-order valence-electron chi connectivity index (χ4n) is 1.36. The van der Waals surface area contributed by atoms with E-state index in [0.29, 0.717) is 0 Å². The van der Waals surface area contributed by atoms with Gasteiger partial charge in [-0.15, -0.1) is 0 Å². The number of hydrogen-bond donors (Lipinski definition) is 0. The van der Waals surface area contributed by atoms with Gasteiger partial charge in [0, 0.05) is 0 Å². The molecule has 2 rings (SSSR count). The molecule has 2 unspecified atom stereocenters. The topological polar surface area (TPSA) is 18.5 Å². The van der Waals surface area contributed by atoms with Gasteiger partial charge in [-0.25, -0.2) is 0 Å². The molecule has 0 spiro atoms. The second kappa shape index (κ2) is 1.78. The maximum absolute atomic E-state index is 5.42. The molecule has 2 aliphatic rings. The maximum atomic E-state index is 5.42. The van der Waals surface area contributed by atoms with E-state index in [1.54, 1.807) is 0 Å². The summed E-state index contributed by atoms with van der Waals surface area (Å²) >= 11 is 0. The molecule has 2 aliphatic heterocycles. The first kappa shape index (κ1) is 5.83. The van der Waals surface area contributed by atoms with Gasteiger partial charge in [0.05, 0.1) is 11.5 Å². The fraction of sp³-hybridized carbons (Fsp3) is 0.500. The third kappa shape index (κ3) is 0.719. The smallest absolute Gasteiger partial charge is 0.160 e. The Kier molecular flexibility index (Phi) is 1.04. The van der Waals surface area contributed by atoms with Gasteiger partial charge in [0.2, 0.25) is 0 Å². The Labute approximate surface area is 60.1 Å². The summed E-state index contributed by atoms with van der Waals surface area (Å²) in [6.07, 6.45) is 4.33. The van der Waals surface area contributed by atoms with E-state index in [0.717, 1.165) is 11.5 Å². The van der Waals surface area contributed by atoms with Crippen LogP contribution in [0, 0.1) is 0 Å². The number of ether oxygens (including phenoxy) is 2. The van der Waals surface area contributed by atoms with Crippen LogP contribution in [-0.4, -0.2) is 12.2 Å². The SMILES string of the molecule is CC1=CC2OC(C)=CC2O1. The molecule has 0 amide bonds. The lowest BCUT2D eigenvalue weighted by molar-refractivity contribution is 0.0908. The minimum atomic E-state index is 0.153. The highest BCUT2D eigenvalue weighted by Gasteiger charge is 2.32. The molecule has 0 aromatic rings. The van der Waals surface area contributed by atoms with Crippen LogP contribution in [0.3, 0.4) is 0 Å². The zero-order valence-corrected chi connectivity index (χ0v) is 6.13. The van der Waals surface area contributed by atoms with Crippen LogP contribution in [0.25, 0.3) is 0 Å². The standard InChI is InChI=1S/C8H10O2/c1-5-3-7-8(9-5)4-6(2)10-7/h3-4,7-8H,1-2H3. The molecule has 0 fully saturated rings. The summed E-state index contributed by atoms with van der Waals surface area (Å²) < 4.78 is 10.8. The summed E-state index contributed by atoms with van der Waals surface area (Å²) in [4.78, 5) is 0. The van der Waals surface area contributed by atoms with Gasteiger partial charge in [-0.3, -0.25) is 0 Å². The predicted octanol–water partition coefficient (Wildman–Crippen LogP) is 1.59. The lowest BCUT2D eigenvalue weighted by Gasteiger charge is -2.06. The molecule has 2 nitrogen and oxygen atoms in total. The minimum Gasteiger partial charge on any atom is -0.487 e. The number of fused-ring (bicyclic) bond motifs is 1. The van der Waals surface area contributed by atoms with Crippen molar-refractivity contribution in [2.24, 2.45) is 0 Å². The van der Waals surface area contributed by atoms with Gasteiger partial charge in [-0.05, 0) is 26.0 Å². The van der Waals surface area contributed by atoms with Gasteiger partial charge in [0.25, 0.3) is 0 Å². The molecule has 2 atom stereocenters. The van der Waals surface area contributed by atoms with E-state index in [4.69, 9.17) is 9.47 Å². The molecule has 0 aliphatic carbocycles. The van der Waals surface area contributed by atoms with E-state index in [1.165, 1.54) is 0 Å². The van der Waals surface area contributed by atoms with E-state index in [9.17, 15) is 0 Å². The van der Waals surface area contributed by atoms with Crippen LogP contribution < -0.4 is 0 Å². The van der Waals surface area contributed by atoms with Crippen LogP contribution in [0.4, 0.5) is 0 Å². The van der Waals surface area contributed by atoms with Gasteiger partial charge >= 0.3 is 0 Å². The van der Waals surface area contributed by atoms with Crippen molar-refractivity contribution in [2.75, 3.05) is 0 Å². The van der Waals surface area contributed by atoms with Gasteiger partial charge in [0.15, 0.2) is 12.2 Å². The fourth-order valence-corrected chi connectivity index (χ4v) is 1.36. The highest BCUT2D eigenvalue weighted by atomic mass is 16.6. The molecule has 54 valence electrons. The van der Waals surface area contributed by atoms with E-state index in [1.807, 2.05) is 26.0 Å². The third-order valence-electron chi connectivity index (χ3n) is 1.77. The van der Waals surface area contributed by atoms with Crippen molar-refractivity contribution in [2.45, 2.75) is 26.1 Å². The van der Waals surface area contributed by atoms with E-state index in [-0.39, 0.29) is 12.2 Å². The first-order chi connectivity index (χ1) is 4.75. The van der Waals surface area contributed by atoms with Crippen LogP contribution in [0.1, 0.15) is 13.8 Å². The van der Waals surface area contributed by atoms with Crippen LogP contribution in [0.2, 0.25) is 0 Å². The summed E-state index contributed by atoms with van der Waals surface area (Å²) in [5.41, 5.74) is 0. The second-order valence-corrected chi connectivity index (χ2v) is 2.72. The summed E-state index contributed by atoms with van der Waals surface area (Å²) in [6.45, 7) is 3.90. The monoisotopic (exact) mass is 138 g/mol. The Morgan fingerprint density at radius 2 is 1.40 bits per heavy atom. The molecular weight excluding hydrogens is 128 g/mol. The normalized spacial score (nSPS) is 35.8. The Balaban J connectivity index is 2.17. The molecule has 2 heterocycles. The molecule has 0 radical (unpaired) electrons. The minimum absolute atomic E-state index is 0.153. The Hall–Kier alpha value is -0.920. The molecule has 0 aromatic heterocycles. The van der Waals surface area contributed by atoms with E-state index in [2.05, 4.69) is 0 Å². The van der Waals surface area contributed by atoms with Crippen LogP contribution in [0.5, 0.6) is 0 Å².